The van der Waals surface area contributed by atoms with Crippen LogP contribution in [0.2, 0.25) is 5.02 Å². The van der Waals surface area contributed by atoms with Gasteiger partial charge < -0.3 is 15.0 Å². The quantitative estimate of drug-likeness (QED) is 0.269. The summed E-state index contributed by atoms with van der Waals surface area (Å²) >= 11 is 5.91. The Morgan fingerprint density at radius 1 is 1.05 bits per heavy atom. The van der Waals surface area contributed by atoms with E-state index in [-0.39, 0.29) is 22.1 Å². The Morgan fingerprint density at radius 3 is 2.39 bits per heavy atom. The van der Waals surface area contributed by atoms with Gasteiger partial charge in [-0.3, -0.25) is 9.52 Å². The molecule has 0 bridgehead atoms. The van der Waals surface area contributed by atoms with Crippen LogP contribution in [0.15, 0.2) is 66.9 Å². The molecule has 0 spiro atoms. The minimum Gasteiger partial charge on any atom is -0.439 e. The number of ether oxygens (including phenoxy) is 1. The molecule has 3 N–H and O–H groups in total. The molecule has 0 aliphatic rings. The lowest BCUT2D eigenvalue weighted by atomic mass is 10.0. The average molecular weight is 567 g/mol. The molecule has 0 aliphatic heterocycles. The minimum absolute atomic E-state index is 0.160. The second kappa shape index (κ2) is 10.3. The molecule has 2 aromatic carbocycles. The summed E-state index contributed by atoms with van der Waals surface area (Å²) in [5, 5.41) is 3.07. The van der Waals surface area contributed by atoms with Crippen LogP contribution in [0.1, 0.15) is 11.8 Å². The number of alkyl halides is 3. The number of aromatic nitrogens is 2. The Labute approximate surface area is 219 Å². The fraction of sp³-hybridized carbons (Fsp3) is 0.125. The maximum absolute atomic E-state index is 13.0. The first-order chi connectivity index (χ1) is 17.8. The Morgan fingerprint density at radius 2 is 1.76 bits per heavy atom. The smallest absolute Gasteiger partial charge is 0.439 e. The van der Waals surface area contributed by atoms with Gasteiger partial charge in [0, 0.05) is 28.0 Å². The van der Waals surface area contributed by atoms with E-state index in [0.29, 0.717) is 22.2 Å². The number of aromatic amines is 1. The van der Waals surface area contributed by atoms with Gasteiger partial charge in [-0.15, -0.1) is 0 Å². The second-order valence-corrected chi connectivity index (χ2v) is 10.3. The van der Waals surface area contributed by atoms with Crippen LogP contribution in [0.25, 0.3) is 22.2 Å². The van der Waals surface area contributed by atoms with E-state index in [1.54, 1.807) is 18.2 Å². The number of rotatable bonds is 7. The van der Waals surface area contributed by atoms with E-state index < -0.39 is 34.2 Å². The lowest BCUT2D eigenvalue weighted by Gasteiger charge is -2.17. The molecule has 2 heterocycles. The minimum atomic E-state index is -5.34. The number of hydrogen-bond donors (Lipinski definition) is 3. The number of pyridine rings is 1. The fourth-order valence-corrected chi connectivity index (χ4v) is 4.33. The Kier molecular flexibility index (Phi) is 7.33. The van der Waals surface area contributed by atoms with Crippen LogP contribution in [0.3, 0.4) is 0 Å². The normalized spacial score (nSPS) is 12.7. The highest BCUT2D eigenvalue weighted by Gasteiger charge is 2.44. The third kappa shape index (κ3) is 6.42. The number of sulfonamides is 1. The van der Waals surface area contributed by atoms with E-state index in [2.05, 4.69) is 24.7 Å². The van der Waals surface area contributed by atoms with Crippen molar-refractivity contribution in [1.82, 2.24) is 9.97 Å². The number of halogens is 4. The SMILES string of the molecule is CS(=O)(=O)Nc1ccc(-c2ccnc3[nH]c(C(OC(=O)C(F)(F)F)C(=O)Nc4cccc(Cl)c4)cc23)cc1. The van der Waals surface area contributed by atoms with Gasteiger partial charge in [-0.1, -0.05) is 29.8 Å². The third-order valence-electron chi connectivity index (χ3n) is 5.12. The summed E-state index contributed by atoms with van der Waals surface area (Å²) < 4.78 is 68.8. The van der Waals surface area contributed by atoms with Gasteiger partial charge >= 0.3 is 12.1 Å². The largest absolute Gasteiger partial charge is 0.490 e. The first kappa shape index (κ1) is 26.9. The van der Waals surface area contributed by atoms with Gasteiger partial charge in [0.05, 0.1) is 11.9 Å². The zero-order valence-electron chi connectivity index (χ0n) is 19.3. The monoisotopic (exact) mass is 566 g/mol. The van der Waals surface area contributed by atoms with Crippen LogP contribution < -0.4 is 10.0 Å². The van der Waals surface area contributed by atoms with Crippen molar-refractivity contribution in [2.24, 2.45) is 0 Å². The number of carbonyl (C=O) groups excluding carboxylic acids is 2. The predicted octanol–water partition coefficient (Wildman–Crippen LogP) is 5.04. The summed E-state index contributed by atoms with van der Waals surface area (Å²) in [4.78, 5) is 31.6. The van der Waals surface area contributed by atoms with E-state index in [9.17, 15) is 31.2 Å². The number of nitrogens with one attached hydrogen (secondary N) is 3. The lowest BCUT2D eigenvalue weighted by molar-refractivity contribution is -0.205. The number of esters is 1. The van der Waals surface area contributed by atoms with Crippen LogP contribution >= 0.6 is 11.6 Å². The summed E-state index contributed by atoms with van der Waals surface area (Å²) in [6, 6.07) is 15.2. The Hall–Kier alpha value is -4.10. The molecule has 0 aliphatic carbocycles. The van der Waals surface area contributed by atoms with Crippen molar-refractivity contribution in [3.05, 3.63) is 77.6 Å². The molecule has 2 aromatic heterocycles. The van der Waals surface area contributed by atoms with Crippen LogP contribution in [0, 0.1) is 0 Å². The number of hydrogen-bond acceptors (Lipinski definition) is 6. The van der Waals surface area contributed by atoms with Crippen LogP contribution in [-0.2, 0) is 24.3 Å². The molecule has 1 unspecified atom stereocenters. The molecule has 14 heteroatoms. The summed E-state index contributed by atoms with van der Waals surface area (Å²) in [7, 11) is -3.48. The molecular weight excluding hydrogens is 549 g/mol. The number of anilines is 2. The standard InChI is InChI=1S/C24H18ClF3N4O5S/c1-38(35,36)32-15-7-5-13(6-8-15)17-9-10-29-21-18(17)12-19(31-21)20(37-23(34)24(26,27)28)22(33)30-16-4-2-3-14(25)11-16/h2-12,20,32H,1H3,(H,29,31)(H,30,33). The molecule has 0 fully saturated rings. The van der Waals surface area contributed by atoms with Crippen LogP contribution in [0.4, 0.5) is 24.5 Å². The highest BCUT2D eigenvalue weighted by molar-refractivity contribution is 7.92. The maximum Gasteiger partial charge on any atom is 0.490 e. The van der Waals surface area contributed by atoms with Crippen LogP contribution in [0.5, 0.6) is 0 Å². The van der Waals surface area contributed by atoms with E-state index in [4.69, 9.17) is 11.6 Å². The number of carbonyl (C=O) groups is 2. The van der Waals surface area contributed by atoms with E-state index in [1.807, 2.05) is 0 Å². The maximum atomic E-state index is 13.0. The molecule has 0 saturated carbocycles. The molecule has 1 atom stereocenters. The van der Waals surface area contributed by atoms with Gasteiger partial charge in [0.1, 0.15) is 5.65 Å². The number of amides is 1. The van der Waals surface area contributed by atoms with Crippen molar-refractivity contribution in [3.8, 4) is 11.1 Å². The van der Waals surface area contributed by atoms with Gasteiger partial charge in [0.25, 0.3) is 5.91 Å². The van der Waals surface area contributed by atoms with Crippen molar-refractivity contribution in [2.45, 2.75) is 12.3 Å². The van der Waals surface area contributed by atoms with E-state index in [0.717, 1.165) is 6.26 Å². The number of fused-ring (bicyclic) bond motifs is 1. The first-order valence-corrected chi connectivity index (χ1v) is 13.0. The third-order valence-corrected chi connectivity index (χ3v) is 5.96. The van der Waals surface area contributed by atoms with Gasteiger partial charge in [-0.2, -0.15) is 13.2 Å². The Bertz CT molecular complexity index is 1620. The zero-order valence-corrected chi connectivity index (χ0v) is 20.9. The Balaban J connectivity index is 1.72. The average Bonchev–Trinajstić information content (AvgIpc) is 3.25. The van der Waals surface area contributed by atoms with Gasteiger partial charge in [0.2, 0.25) is 16.1 Å². The zero-order chi connectivity index (χ0) is 27.7. The van der Waals surface area contributed by atoms with Crippen molar-refractivity contribution in [1.29, 1.82) is 0 Å². The molecule has 9 nitrogen and oxygen atoms in total. The second-order valence-electron chi connectivity index (χ2n) is 8.08. The number of H-pyrrole nitrogens is 1. The highest BCUT2D eigenvalue weighted by atomic mass is 35.5. The van der Waals surface area contributed by atoms with Crippen molar-refractivity contribution in [3.63, 3.8) is 0 Å². The molecule has 0 saturated heterocycles. The van der Waals surface area contributed by atoms with Gasteiger partial charge in [-0.25, -0.2) is 18.2 Å². The summed E-state index contributed by atoms with van der Waals surface area (Å²) in [6.07, 6.45) is -4.90. The molecule has 4 rings (SSSR count). The molecule has 0 radical (unpaired) electrons. The van der Waals surface area contributed by atoms with Crippen molar-refractivity contribution < 1.29 is 35.9 Å². The highest BCUT2D eigenvalue weighted by Crippen LogP contribution is 2.33. The number of benzene rings is 2. The van der Waals surface area contributed by atoms with E-state index >= 15 is 0 Å². The summed E-state index contributed by atoms with van der Waals surface area (Å²) in [5.41, 5.74) is 1.74. The topological polar surface area (TPSA) is 130 Å². The van der Waals surface area contributed by atoms with Crippen molar-refractivity contribution >= 4 is 55.9 Å². The fourth-order valence-electron chi connectivity index (χ4n) is 3.58. The molecule has 4 aromatic rings. The van der Waals surface area contributed by atoms with Crippen LogP contribution in [-0.4, -0.2) is 42.7 Å². The summed E-state index contributed by atoms with van der Waals surface area (Å²) in [6.45, 7) is 0. The lowest BCUT2D eigenvalue weighted by Crippen LogP contribution is -2.32. The predicted molar refractivity (Wildman–Crippen MR) is 135 cm³/mol. The first-order valence-electron chi connectivity index (χ1n) is 10.7. The van der Waals surface area contributed by atoms with Gasteiger partial charge in [0.15, 0.2) is 0 Å². The molecule has 38 heavy (non-hydrogen) atoms. The van der Waals surface area contributed by atoms with E-state index in [1.165, 1.54) is 48.7 Å². The molecule has 198 valence electrons. The number of nitrogens with zero attached hydrogens (tertiary/aromatic N) is 1. The molecular formula is C24H18ClF3N4O5S. The van der Waals surface area contributed by atoms with Crippen molar-refractivity contribution in [2.75, 3.05) is 16.3 Å². The van der Waals surface area contributed by atoms with Gasteiger partial charge in [-0.05, 0) is 53.6 Å². The molecule has 1 amide bonds. The summed E-state index contributed by atoms with van der Waals surface area (Å²) in [5.74, 6) is -3.61.